The van der Waals surface area contributed by atoms with Crippen LogP contribution in [-0.2, 0) is 14.8 Å². The zero-order valence-corrected chi connectivity index (χ0v) is 23.1. The molecule has 5 N–H and O–H groups in total. The van der Waals surface area contributed by atoms with E-state index >= 15 is 4.39 Å². The summed E-state index contributed by atoms with van der Waals surface area (Å²) in [6, 6.07) is 7.38. The molecule has 2 heterocycles. The van der Waals surface area contributed by atoms with Crippen LogP contribution in [0.15, 0.2) is 42.7 Å². The van der Waals surface area contributed by atoms with Gasteiger partial charge in [-0.05, 0) is 44.0 Å². The van der Waals surface area contributed by atoms with Crippen LogP contribution in [0.2, 0.25) is 0 Å². The third kappa shape index (κ3) is 7.48. The number of sulfonamides is 1. The summed E-state index contributed by atoms with van der Waals surface area (Å²) in [4.78, 5) is 16.7. The quantitative estimate of drug-likeness (QED) is 0.249. The number of nitrogens with one attached hydrogen (secondary N) is 1. The molecular formula is C26H31F2N7O4S. The lowest BCUT2D eigenvalue weighted by Crippen LogP contribution is -2.18. The molecule has 0 atom stereocenters. The van der Waals surface area contributed by atoms with E-state index in [9.17, 15) is 12.8 Å². The van der Waals surface area contributed by atoms with Crippen LogP contribution < -0.4 is 20.9 Å². The molecule has 0 amide bonds. The fourth-order valence-corrected chi connectivity index (χ4v) is 4.70. The molecule has 40 heavy (non-hydrogen) atoms. The van der Waals surface area contributed by atoms with Gasteiger partial charge in [0.2, 0.25) is 16.0 Å². The van der Waals surface area contributed by atoms with Crippen molar-refractivity contribution in [3.8, 4) is 28.3 Å². The molecule has 0 unspecified atom stereocenters. The number of aromatic nitrogens is 4. The van der Waals surface area contributed by atoms with E-state index in [0.29, 0.717) is 22.0 Å². The van der Waals surface area contributed by atoms with Crippen molar-refractivity contribution in [2.24, 2.45) is 0 Å². The zero-order valence-electron chi connectivity index (χ0n) is 22.3. The van der Waals surface area contributed by atoms with Crippen molar-refractivity contribution in [3.05, 3.63) is 48.5 Å². The Kier molecular flexibility index (Phi) is 10.4. The van der Waals surface area contributed by atoms with Crippen molar-refractivity contribution in [1.82, 2.24) is 19.9 Å². The topological polar surface area (TPSA) is 168 Å². The summed E-state index contributed by atoms with van der Waals surface area (Å²) in [7, 11) is -2.49. The summed E-state index contributed by atoms with van der Waals surface area (Å²) in [5, 5.41) is 0.396. The predicted molar refractivity (Wildman–Crippen MR) is 152 cm³/mol. The van der Waals surface area contributed by atoms with Crippen LogP contribution in [0.1, 0.15) is 20.3 Å². The maximum Gasteiger partial charge on any atom is 0.232 e. The Bertz CT molecular complexity index is 1550. The molecule has 0 aliphatic rings. The monoisotopic (exact) mass is 575 g/mol. The lowest BCUT2D eigenvalue weighted by Gasteiger charge is -2.14. The van der Waals surface area contributed by atoms with Crippen molar-refractivity contribution >= 4 is 38.4 Å². The van der Waals surface area contributed by atoms with E-state index in [1.165, 1.54) is 37.7 Å². The summed E-state index contributed by atoms with van der Waals surface area (Å²) in [6.07, 6.45) is 2.72. The fraction of sp³-hybridized carbons (Fsp3) is 0.308. The Morgan fingerprint density at radius 3 is 2.33 bits per heavy atom. The van der Waals surface area contributed by atoms with E-state index < -0.39 is 28.3 Å². The zero-order chi connectivity index (χ0) is 29.3. The van der Waals surface area contributed by atoms with Crippen LogP contribution in [0, 0.1) is 5.82 Å². The molecule has 4 aromatic rings. The van der Waals surface area contributed by atoms with Crippen molar-refractivity contribution < 1.29 is 26.7 Å². The van der Waals surface area contributed by atoms with Crippen LogP contribution in [0.3, 0.4) is 0 Å². The van der Waals surface area contributed by atoms with Crippen LogP contribution in [-0.4, -0.2) is 61.1 Å². The average molecular weight is 576 g/mol. The molecule has 0 bridgehead atoms. The number of hydrogen-bond acceptors (Lipinski definition) is 10. The third-order valence-corrected chi connectivity index (χ3v) is 6.83. The van der Waals surface area contributed by atoms with E-state index in [1.54, 1.807) is 12.1 Å². The second-order valence-corrected chi connectivity index (χ2v) is 10.1. The number of hydrogen-bond donors (Lipinski definition) is 3. The number of ether oxygens (including phenoxy) is 2. The van der Waals surface area contributed by atoms with Crippen LogP contribution in [0.25, 0.3) is 33.4 Å². The number of benzene rings is 2. The molecule has 2 aromatic carbocycles. The van der Waals surface area contributed by atoms with Crippen LogP contribution in [0.5, 0.6) is 5.75 Å². The molecule has 0 saturated carbocycles. The van der Waals surface area contributed by atoms with Crippen molar-refractivity contribution in [3.63, 3.8) is 0 Å². The number of halogens is 2. The van der Waals surface area contributed by atoms with Gasteiger partial charge in [-0.1, -0.05) is 12.1 Å². The lowest BCUT2D eigenvalue weighted by molar-refractivity contribution is 0.162. The van der Waals surface area contributed by atoms with Gasteiger partial charge in [0.25, 0.3) is 0 Å². The lowest BCUT2D eigenvalue weighted by atomic mass is 10.0. The molecule has 0 radical (unpaired) electrons. The highest BCUT2D eigenvalue weighted by atomic mass is 32.2. The van der Waals surface area contributed by atoms with Gasteiger partial charge in [-0.25, -0.2) is 32.7 Å². The Hall–Kier alpha value is -4.17. The average Bonchev–Trinajstić information content (AvgIpc) is 2.94. The van der Waals surface area contributed by atoms with Gasteiger partial charge in [0.1, 0.15) is 17.1 Å². The maximum atomic E-state index is 15.3. The van der Waals surface area contributed by atoms with Gasteiger partial charge in [-0.2, -0.15) is 0 Å². The molecule has 0 aliphatic heterocycles. The number of nitrogens with two attached hydrogens (primary N) is 2. The number of alkyl halides is 1. The molecule has 14 heteroatoms. The summed E-state index contributed by atoms with van der Waals surface area (Å²) >= 11 is 0. The Morgan fingerprint density at radius 1 is 1.02 bits per heavy atom. The fourth-order valence-electron chi connectivity index (χ4n) is 3.62. The normalized spacial score (nSPS) is 11.1. The Morgan fingerprint density at radius 2 is 1.73 bits per heavy atom. The molecule has 4 rings (SSSR count). The number of rotatable bonds is 10. The van der Waals surface area contributed by atoms with Crippen LogP contribution in [0.4, 0.5) is 26.2 Å². The highest BCUT2D eigenvalue weighted by Gasteiger charge is 2.19. The molecule has 0 fully saturated rings. The first kappa shape index (κ1) is 30.4. The first-order valence-electron chi connectivity index (χ1n) is 12.3. The minimum atomic E-state index is -3.92. The van der Waals surface area contributed by atoms with Gasteiger partial charge in [-0.3, -0.25) is 9.11 Å². The van der Waals surface area contributed by atoms with Crippen molar-refractivity contribution in [1.29, 1.82) is 0 Å². The highest BCUT2D eigenvalue weighted by molar-refractivity contribution is 7.92. The second kappa shape index (κ2) is 13.8. The number of methoxy groups -OCH3 is 1. The van der Waals surface area contributed by atoms with Gasteiger partial charge in [0.15, 0.2) is 11.6 Å². The van der Waals surface area contributed by atoms with Gasteiger partial charge < -0.3 is 20.9 Å². The van der Waals surface area contributed by atoms with Gasteiger partial charge >= 0.3 is 0 Å². The first-order chi connectivity index (χ1) is 19.1. The molecule has 0 saturated heterocycles. The largest absolute Gasteiger partial charge is 0.494 e. The SMILES string of the molecule is CCOCC.COc1cc(-c2cccc(NS(=O)(=O)CCCF)c2F)cc2c(N)nc(-c3cnc(N)nc3)nc12. The minimum Gasteiger partial charge on any atom is -0.494 e. The Labute approximate surface area is 231 Å². The molecule has 0 spiro atoms. The number of nitrogens with zero attached hydrogens (tertiary/aromatic N) is 4. The third-order valence-electron chi connectivity index (χ3n) is 5.48. The van der Waals surface area contributed by atoms with E-state index in [-0.39, 0.29) is 41.0 Å². The number of nitrogen functional groups attached to an aromatic ring is 2. The smallest absolute Gasteiger partial charge is 0.232 e. The van der Waals surface area contributed by atoms with E-state index in [1.807, 2.05) is 13.8 Å². The summed E-state index contributed by atoms with van der Waals surface area (Å²) < 4.78 is 64.5. The molecule has 11 nitrogen and oxygen atoms in total. The number of fused-ring (bicyclic) bond motifs is 1. The van der Waals surface area contributed by atoms with Gasteiger partial charge in [-0.15, -0.1) is 0 Å². The van der Waals surface area contributed by atoms with E-state index in [2.05, 4.69) is 24.7 Å². The molecule has 214 valence electrons. The summed E-state index contributed by atoms with van der Waals surface area (Å²) in [5.74, 6) is -0.543. The van der Waals surface area contributed by atoms with Gasteiger partial charge in [0, 0.05) is 36.6 Å². The highest BCUT2D eigenvalue weighted by Crippen LogP contribution is 2.37. The maximum absolute atomic E-state index is 15.3. The molecular weight excluding hydrogens is 544 g/mol. The van der Waals surface area contributed by atoms with E-state index in [0.717, 1.165) is 13.2 Å². The van der Waals surface area contributed by atoms with E-state index in [4.69, 9.17) is 20.9 Å². The second-order valence-electron chi connectivity index (χ2n) is 8.25. The first-order valence-corrected chi connectivity index (χ1v) is 14.0. The summed E-state index contributed by atoms with van der Waals surface area (Å²) in [5.41, 5.74) is 12.8. The van der Waals surface area contributed by atoms with Crippen LogP contribution >= 0.6 is 0 Å². The van der Waals surface area contributed by atoms with Crippen molar-refractivity contribution in [2.75, 3.05) is 48.9 Å². The van der Waals surface area contributed by atoms with Crippen molar-refractivity contribution in [2.45, 2.75) is 20.3 Å². The summed E-state index contributed by atoms with van der Waals surface area (Å²) in [6.45, 7) is 4.87. The van der Waals surface area contributed by atoms with Gasteiger partial charge in [0.05, 0.1) is 30.8 Å². The molecule has 0 aliphatic carbocycles. The standard InChI is InChI=1S/C22H21F2N7O3S.C4H10O/c1-34-17-9-12(14-4-2-5-16(18(14)24)31-35(32,33)7-3-6-23)8-15-19(17)29-21(30-20(15)25)13-10-27-22(26)28-11-13;1-3-5-4-2/h2,4-5,8-11,31H,3,6-7H2,1H3,(H2,25,29,30)(H2,26,27,28);3-4H2,1-2H3. The Balaban J connectivity index is 0.000000810. The molecule has 2 aromatic heterocycles. The predicted octanol–water partition coefficient (Wildman–Crippen LogP) is 4.21. The number of anilines is 3. The minimum absolute atomic E-state index is 0.0892.